The highest BCUT2D eigenvalue weighted by Crippen LogP contribution is 2.13. The summed E-state index contributed by atoms with van der Waals surface area (Å²) in [4.78, 5) is 10.5. The van der Waals surface area contributed by atoms with Gasteiger partial charge in [-0.2, -0.15) is 0 Å². The van der Waals surface area contributed by atoms with E-state index in [1.165, 1.54) is 21.0 Å². The Labute approximate surface area is 190 Å². The van der Waals surface area contributed by atoms with E-state index in [2.05, 4.69) is 67.6 Å². The van der Waals surface area contributed by atoms with Gasteiger partial charge in [0.25, 0.3) is 0 Å². The number of aryl methyl sites for hydroxylation is 1. The fourth-order valence-corrected chi connectivity index (χ4v) is 3.37. The van der Waals surface area contributed by atoms with E-state index in [0.29, 0.717) is 13.2 Å². The zero-order valence-corrected chi connectivity index (χ0v) is 20.5. The maximum absolute atomic E-state index is 5.69. The standard InChI is InChI=1S/C21H32N4OS.HI/c1-5-19-14-24-20(27-19)10-11-23-21(22-6-2)25-13-17-8-7-9-18(12-17)15-26-16(3)4;/h7-9,12,14,16H,5-6,10-11,13,15H2,1-4H3,(H2,22,23,25);1H. The van der Waals surface area contributed by atoms with Gasteiger partial charge in [0.05, 0.1) is 24.3 Å². The summed E-state index contributed by atoms with van der Waals surface area (Å²) in [6, 6.07) is 8.43. The molecule has 0 saturated carbocycles. The molecule has 28 heavy (non-hydrogen) atoms. The number of aliphatic imine (C=N–C) groups is 1. The molecule has 0 unspecified atom stereocenters. The van der Waals surface area contributed by atoms with Crippen LogP contribution in [0.5, 0.6) is 0 Å². The van der Waals surface area contributed by atoms with Gasteiger partial charge in [0, 0.05) is 30.6 Å². The molecule has 1 aromatic heterocycles. The molecule has 7 heteroatoms. The smallest absolute Gasteiger partial charge is 0.191 e. The second kappa shape index (κ2) is 13.9. The van der Waals surface area contributed by atoms with E-state index in [-0.39, 0.29) is 30.1 Å². The molecule has 0 radical (unpaired) electrons. The van der Waals surface area contributed by atoms with Gasteiger partial charge in [-0.15, -0.1) is 35.3 Å². The van der Waals surface area contributed by atoms with Crippen LogP contribution in [0.4, 0.5) is 0 Å². The summed E-state index contributed by atoms with van der Waals surface area (Å²) in [5.74, 6) is 0.841. The average molecular weight is 516 g/mol. The maximum atomic E-state index is 5.69. The molecule has 0 aliphatic heterocycles. The number of nitrogens with one attached hydrogen (secondary N) is 2. The molecule has 0 fully saturated rings. The molecule has 5 nitrogen and oxygen atoms in total. The number of halogens is 1. The summed E-state index contributed by atoms with van der Waals surface area (Å²) in [5.41, 5.74) is 2.37. The zero-order chi connectivity index (χ0) is 19.5. The number of thiazole rings is 1. The lowest BCUT2D eigenvalue weighted by Gasteiger charge is -2.11. The van der Waals surface area contributed by atoms with Crippen molar-refractivity contribution >= 4 is 41.3 Å². The minimum absolute atomic E-state index is 0. The molecule has 0 amide bonds. The van der Waals surface area contributed by atoms with Crippen LogP contribution in [0.3, 0.4) is 0 Å². The van der Waals surface area contributed by atoms with Crippen LogP contribution >= 0.6 is 35.3 Å². The van der Waals surface area contributed by atoms with Crippen molar-refractivity contribution in [3.63, 3.8) is 0 Å². The summed E-state index contributed by atoms with van der Waals surface area (Å²) in [6.07, 6.45) is 4.19. The monoisotopic (exact) mass is 516 g/mol. The Morgan fingerprint density at radius 3 is 2.68 bits per heavy atom. The summed E-state index contributed by atoms with van der Waals surface area (Å²) in [7, 11) is 0. The highest BCUT2D eigenvalue weighted by Gasteiger charge is 2.03. The van der Waals surface area contributed by atoms with Crippen LogP contribution in [-0.4, -0.2) is 30.1 Å². The molecule has 0 spiro atoms. The molecule has 0 aliphatic carbocycles. The summed E-state index contributed by atoms with van der Waals surface area (Å²) in [6.45, 7) is 11.3. The minimum Gasteiger partial charge on any atom is -0.374 e. The first-order chi connectivity index (χ1) is 13.1. The first-order valence-corrected chi connectivity index (χ1v) is 10.6. The van der Waals surface area contributed by atoms with Crippen LogP contribution in [0.2, 0.25) is 0 Å². The maximum Gasteiger partial charge on any atom is 0.191 e. The second-order valence-corrected chi connectivity index (χ2v) is 7.83. The average Bonchev–Trinajstić information content (AvgIpc) is 3.13. The van der Waals surface area contributed by atoms with Crippen molar-refractivity contribution in [2.24, 2.45) is 4.99 Å². The molecule has 156 valence electrons. The Bertz CT molecular complexity index is 718. The molecule has 0 bridgehead atoms. The van der Waals surface area contributed by atoms with E-state index in [4.69, 9.17) is 9.73 Å². The molecule has 2 rings (SSSR count). The topological polar surface area (TPSA) is 58.5 Å². The van der Waals surface area contributed by atoms with Gasteiger partial charge in [0.1, 0.15) is 0 Å². The van der Waals surface area contributed by atoms with Gasteiger partial charge in [0.15, 0.2) is 5.96 Å². The summed E-state index contributed by atoms with van der Waals surface area (Å²) >= 11 is 1.79. The van der Waals surface area contributed by atoms with Gasteiger partial charge in [-0.05, 0) is 38.3 Å². The van der Waals surface area contributed by atoms with Gasteiger partial charge in [-0.1, -0.05) is 31.2 Å². The fraction of sp³-hybridized carbons (Fsp3) is 0.524. The van der Waals surface area contributed by atoms with Crippen molar-refractivity contribution in [3.8, 4) is 0 Å². The lowest BCUT2D eigenvalue weighted by molar-refractivity contribution is 0.0657. The molecule has 0 aliphatic rings. The molecular formula is C21H33IN4OS. The van der Waals surface area contributed by atoms with Gasteiger partial charge in [-0.3, -0.25) is 0 Å². The predicted molar refractivity (Wildman–Crippen MR) is 130 cm³/mol. The third-order valence-corrected chi connectivity index (χ3v) is 5.12. The Morgan fingerprint density at radius 2 is 2.00 bits per heavy atom. The van der Waals surface area contributed by atoms with Crippen molar-refractivity contribution in [3.05, 3.63) is 51.5 Å². The quantitative estimate of drug-likeness (QED) is 0.277. The van der Waals surface area contributed by atoms with Crippen LogP contribution < -0.4 is 10.6 Å². The summed E-state index contributed by atoms with van der Waals surface area (Å²) in [5, 5.41) is 7.88. The van der Waals surface area contributed by atoms with E-state index < -0.39 is 0 Å². The number of hydrogen-bond acceptors (Lipinski definition) is 4. The molecular weight excluding hydrogens is 483 g/mol. The van der Waals surface area contributed by atoms with Crippen LogP contribution in [-0.2, 0) is 30.7 Å². The van der Waals surface area contributed by atoms with Gasteiger partial charge in [0.2, 0.25) is 0 Å². The fourth-order valence-electron chi connectivity index (χ4n) is 2.51. The first-order valence-electron chi connectivity index (χ1n) is 9.75. The first kappa shape index (κ1) is 24.8. The van der Waals surface area contributed by atoms with E-state index in [1.807, 2.05) is 6.20 Å². The largest absolute Gasteiger partial charge is 0.374 e. The second-order valence-electron chi connectivity index (χ2n) is 6.63. The van der Waals surface area contributed by atoms with Gasteiger partial charge < -0.3 is 15.4 Å². The highest BCUT2D eigenvalue weighted by atomic mass is 127. The number of aromatic nitrogens is 1. The third kappa shape index (κ3) is 9.34. The number of ether oxygens (including phenoxy) is 1. The Hall–Kier alpha value is -1.19. The number of nitrogens with zero attached hydrogens (tertiary/aromatic N) is 2. The number of hydrogen-bond donors (Lipinski definition) is 2. The Kier molecular flexibility index (Phi) is 12.3. The van der Waals surface area contributed by atoms with Gasteiger partial charge in [-0.25, -0.2) is 9.98 Å². The van der Waals surface area contributed by atoms with E-state index in [9.17, 15) is 0 Å². The van der Waals surface area contributed by atoms with Crippen molar-refractivity contribution in [1.29, 1.82) is 0 Å². The third-order valence-electron chi connectivity index (χ3n) is 3.92. The number of guanidine groups is 1. The van der Waals surface area contributed by atoms with E-state index in [0.717, 1.165) is 31.9 Å². The predicted octanol–water partition coefficient (Wildman–Crippen LogP) is 4.55. The molecule has 2 N–H and O–H groups in total. The van der Waals surface area contributed by atoms with Crippen LogP contribution in [0.25, 0.3) is 0 Å². The number of rotatable bonds is 10. The van der Waals surface area contributed by atoms with Crippen molar-refractivity contribution in [1.82, 2.24) is 15.6 Å². The normalized spacial score (nSPS) is 11.4. The number of benzene rings is 1. The molecule has 1 aromatic carbocycles. The molecule has 0 atom stereocenters. The molecule has 0 saturated heterocycles. The minimum atomic E-state index is 0. The SMILES string of the molecule is CCNC(=NCc1cccc(COC(C)C)c1)NCCc1ncc(CC)s1.I. The van der Waals surface area contributed by atoms with Crippen LogP contribution in [0.1, 0.15) is 48.7 Å². The van der Waals surface area contributed by atoms with E-state index in [1.54, 1.807) is 11.3 Å². The van der Waals surface area contributed by atoms with Crippen LogP contribution in [0, 0.1) is 0 Å². The lowest BCUT2D eigenvalue weighted by Crippen LogP contribution is -2.38. The van der Waals surface area contributed by atoms with Crippen molar-refractivity contribution < 1.29 is 4.74 Å². The van der Waals surface area contributed by atoms with Crippen molar-refractivity contribution in [2.45, 2.75) is 59.8 Å². The van der Waals surface area contributed by atoms with Gasteiger partial charge >= 0.3 is 0 Å². The molecule has 2 aromatic rings. The van der Waals surface area contributed by atoms with Crippen molar-refractivity contribution in [2.75, 3.05) is 13.1 Å². The zero-order valence-electron chi connectivity index (χ0n) is 17.3. The summed E-state index contributed by atoms with van der Waals surface area (Å²) < 4.78 is 5.69. The van der Waals surface area contributed by atoms with E-state index >= 15 is 0 Å². The van der Waals surface area contributed by atoms with Crippen LogP contribution in [0.15, 0.2) is 35.5 Å². The lowest BCUT2D eigenvalue weighted by atomic mass is 10.1. The molecule has 1 heterocycles. The Balaban J connectivity index is 0.00000392. The Morgan fingerprint density at radius 1 is 1.21 bits per heavy atom. The highest BCUT2D eigenvalue weighted by molar-refractivity contribution is 14.0.